The summed E-state index contributed by atoms with van der Waals surface area (Å²) in [5.41, 5.74) is 2.79. The van der Waals surface area contributed by atoms with E-state index < -0.39 is 0 Å². The third-order valence-corrected chi connectivity index (χ3v) is 11.3. The lowest BCUT2D eigenvalue weighted by atomic mass is 9.91. The number of hydrogen-bond acceptors (Lipinski definition) is 10. The Labute approximate surface area is 359 Å². The molecule has 5 rings (SSSR count). The minimum atomic E-state index is -0.156. The van der Waals surface area contributed by atoms with Gasteiger partial charge in [-0.2, -0.15) is 0 Å². The number of aromatic nitrogens is 3. The van der Waals surface area contributed by atoms with Crippen molar-refractivity contribution in [1.82, 2.24) is 30.9 Å². The number of Topliss-reactive ketones (excluding diaryl/α,β-unsaturated/α-hetero) is 1. The summed E-state index contributed by atoms with van der Waals surface area (Å²) in [5, 5.41) is 18.3. The normalized spacial score (nSPS) is 18.9. The van der Waals surface area contributed by atoms with Gasteiger partial charge in [0.05, 0.1) is 45.8 Å². The van der Waals surface area contributed by atoms with Crippen LogP contribution < -0.4 is 20.7 Å². The molecule has 328 valence electrons. The average molecular weight is 851 g/mol. The predicted molar refractivity (Wildman–Crippen MR) is 229 cm³/mol. The summed E-state index contributed by atoms with van der Waals surface area (Å²) >= 11 is 5.89. The highest BCUT2D eigenvalue weighted by Crippen LogP contribution is 2.24. The molecule has 2 aromatic carbocycles. The molecule has 1 saturated heterocycles. The summed E-state index contributed by atoms with van der Waals surface area (Å²) in [4.78, 5) is 48.7. The zero-order chi connectivity index (χ0) is 42.4. The molecule has 15 heteroatoms. The molecule has 1 aromatic heterocycles. The van der Waals surface area contributed by atoms with Crippen LogP contribution in [-0.2, 0) is 46.4 Å². The lowest BCUT2D eigenvalue weighted by Crippen LogP contribution is -2.44. The number of aryl methyl sites for hydroxylation is 1. The third-order valence-electron chi connectivity index (χ3n) is 11.1. The van der Waals surface area contributed by atoms with E-state index in [1.165, 1.54) is 0 Å². The Morgan fingerprint density at radius 2 is 1.43 bits per heavy atom. The van der Waals surface area contributed by atoms with E-state index in [1.54, 1.807) is 28.9 Å². The molecule has 1 saturated carbocycles. The fourth-order valence-electron chi connectivity index (χ4n) is 7.57. The molecular formula is C45H63ClN6O8. The second-order valence-corrected chi connectivity index (χ2v) is 16.3. The summed E-state index contributed by atoms with van der Waals surface area (Å²) in [7, 11) is 0. The van der Waals surface area contributed by atoms with E-state index in [0.717, 1.165) is 74.6 Å². The van der Waals surface area contributed by atoms with Crippen LogP contribution in [0.5, 0.6) is 5.75 Å². The fraction of sp³-hybridized carbons (Fsp3) is 0.600. The van der Waals surface area contributed by atoms with Gasteiger partial charge in [0.15, 0.2) is 6.61 Å². The summed E-state index contributed by atoms with van der Waals surface area (Å²) in [5.74, 6) is 1.36. The second-order valence-electron chi connectivity index (χ2n) is 15.9. The number of nitrogens with one attached hydrogen (secondary N) is 3. The number of carbonyl (C=O) groups is 4. The fourth-order valence-corrected chi connectivity index (χ4v) is 7.70. The average Bonchev–Trinajstić information content (AvgIpc) is 3.85. The van der Waals surface area contributed by atoms with Crippen LogP contribution >= 0.6 is 11.6 Å². The zero-order valence-corrected chi connectivity index (χ0v) is 35.8. The second kappa shape index (κ2) is 26.1. The number of carbonyl (C=O) groups excluding carboxylic acids is 4. The van der Waals surface area contributed by atoms with Crippen molar-refractivity contribution in [2.45, 2.75) is 121 Å². The van der Waals surface area contributed by atoms with Gasteiger partial charge in [0.2, 0.25) is 11.8 Å². The lowest BCUT2D eigenvalue weighted by molar-refractivity contribution is -0.125. The van der Waals surface area contributed by atoms with Gasteiger partial charge in [0.1, 0.15) is 17.2 Å². The van der Waals surface area contributed by atoms with Crippen molar-refractivity contribution in [2.24, 2.45) is 5.92 Å². The van der Waals surface area contributed by atoms with Gasteiger partial charge in [0.25, 0.3) is 5.91 Å². The number of rotatable bonds is 28. The molecule has 3 aromatic rings. The molecule has 1 aliphatic carbocycles. The minimum Gasteiger partial charge on any atom is -0.484 e. The van der Waals surface area contributed by atoms with Crippen LogP contribution in [-0.4, -0.2) is 103 Å². The number of hydrogen-bond donors (Lipinski definition) is 3. The number of ketones is 1. The van der Waals surface area contributed by atoms with Gasteiger partial charge < -0.3 is 34.9 Å². The SMILES string of the molecule is C[C@@H]1NC(=O)C[C@@H]1CCCCCC(=O)CCCOCCOCCOCCn1cc(-c2ccc(CCC(=O)NC3CCC(NC(=O)COc4ccc(Cl)cc4)CC3)cc2)nn1. The van der Waals surface area contributed by atoms with E-state index in [9.17, 15) is 19.2 Å². The number of unbranched alkanes of at least 4 members (excludes halogenated alkanes) is 2. The molecule has 14 nitrogen and oxygen atoms in total. The number of amides is 3. The highest BCUT2D eigenvalue weighted by Gasteiger charge is 2.28. The Balaban J connectivity index is 0.815. The smallest absolute Gasteiger partial charge is 0.258 e. The number of ether oxygens (including phenoxy) is 4. The summed E-state index contributed by atoms with van der Waals surface area (Å²) in [6.07, 6.45) is 12.8. The standard InChI is InChI=1S/C45H63ClN6O8/c1-33-36(30-44(55)47-33)6-3-2-4-7-40(53)8-5-24-57-26-28-59-29-27-58-25-23-52-31-42(50-51-52)35-12-9-34(10-13-35)11-22-43(54)48-38-16-18-39(19-17-38)49-45(56)32-60-41-20-14-37(46)15-21-41/h9-10,12-15,20-21,31,33,36,38-39H,2-8,11,16-19,22-30,32H2,1H3,(H,47,55)(H,48,54)(H,49,56)/t33-,36-,38?,39?/m0/s1. The Hall–Kier alpha value is -4.37. The van der Waals surface area contributed by atoms with Crippen molar-refractivity contribution in [3.05, 3.63) is 65.3 Å². The van der Waals surface area contributed by atoms with Crippen LogP contribution in [0, 0.1) is 5.92 Å². The van der Waals surface area contributed by atoms with E-state index in [1.807, 2.05) is 30.5 Å². The highest BCUT2D eigenvalue weighted by atomic mass is 35.5. The van der Waals surface area contributed by atoms with E-state index in [4.69, 9.17) is 30.5 Å². The third kappa shape index (κ3) is 17.7. The predicted octanol–water partition coefficient (Wildman–Crippen LogP) is 6.03. The van der Waals surface area contributed by atoms with Crippen molar-refractivity contribution < 1.29 is 38.1 Å². The molecule has 0 radical (unpaired) electrons. The van der Waals surface area contributed by atoms with Crippen molar-refractivity contribution in [3.63, 3.8) is 0 Å². The van der Waals surface area contributed by atoms with Crippen LogP contribution in [0.25, 0.3) is 11.3 Å². The molecule has 3 amide bonds. The molecular weight excluding hydrogens is 788 g/mol. The zero-order valence-electron chi connectivity index (χ0n) is 35.0. The Kier molecular flexibility index (Phi) is 20.3. The Bertz CT molecular complexity index is 1750. The maximum atomic E-state index is 12.7. The van der Waals surface area contributed by atoms with Gasteiger partial charge in [-0.05, 0) is 94.0 Å². The minimum absolute atomic E-state index is 0.0344. The summed E-state index contributed by atoms with van der Waals surface area (Å²) in [6, 6.07) is 15.4. The molecule has 2 fully saturated rings. The van der Waals surface area contributed by atoms with E-state index in [2.05, 4.69) is 33.2 Å². The van der Waals surface area contributed by atoms with Crippen molar-refractivity contribution in [2.75, 3.05) is 46.2 Å². The topological polar surface area (TPSA) is 172 Å². The first kappa shape index (κ1) is 46.7. The van der Waals surface area contributed by atoms with Gasteiger partial charge in [-0.1, -0.05) is 53.9 Å². The molecule has 1 aliphatic heterocycles. The number of benzene rings is 2. The summed E-state index contributed by atoms with van der Waals surface area (Å²) < 4.78 is 24.2. The summed E-state index contributed by atoms with van der Waals surface area (Å²) in [6.45, 7) is 5.52. The molecule has 2 heterocycles. The molecule has 3 N–H and O–H groups in total. The van der Waals surface area contributed by atoms with Crippen LogP contribution in [0.2, 0.25) is 5.02 Å². The van der Waals surface area contributed by atoms with Crippen molar-refractivity contribution >= 4 is 35.1 Å². The Morgan fingerprint density at radius 1 is 0.783 bits per heavy atom. The van der Waals surface area contributed by atoms with Crippen LogP contribution in [0.4, 0.5) is 0 Å². The highest BCUT2D eigenvalue weighted by molar-refractivity contribution is 6.30. The van der Waals surface area contributed by atoms with E-state index in [0.29, 0.717) is 101 Å². The first-order valence-electron chi connectivity index (χ1n) is 21.7. The van der Waals surface area contributed by atoms with Gasteiger partial charge >= 0.3 is 0 Å². The largest absolute Gasteiger partial charge is 0.484 e. The van der Waals surface area contributed by atoms with Crippen molar-refractivity contribution in [1.29, 1.82) is 0 Å². The first-order chi connectivity index (χ1) is 29.2. The molecule has 60 heavy (non-hydrogen) atoms. The van der Waals surface area contributed by atoms with Gasteiger partial charge in [-0.15, -0.1) is 5.10 Å². The molecule has 0 spiro atoms. The van der Waals surface area contributed by atoms with Gasteiger partial charge in [0, 0.05) is 61.0 Å². The quantitative estimate of drug-likeness (QED) is 0.0734. The monoisotopic (exact) mass is 850 g/mol. The molecule has 0 unspecified atom stereocenters. The van der Waals surface area contributed by atoms with Crippen LogP contribution in [0.15, 0.2) is 54.7 Å². The molecule has 2 aliphatic rings. The Morgan fingerprint density at radius 3 is 2.12 bits per heavy atom. The lowest BCUT2D eigenvalue weighted by Gasteiger charge is -2.29. The van der Waals surface area contributed by atoms with Crippen molar-refractivity contribution in [3.8, 4) is 17.0 Å². The number of halogens is 1. The molecule has 0 bridgehead atoms. The van der Waals surface area contributed by atoms with E-state index >= 15 is 0 Å². The van der Waals surface area contributed by atoms with E-state index in [-0.39, 0.29) is 42.5 Å². The van der Waals surface area contributed by atoms with Gasteiger partial charge in [-0.3, -0.25) is 19.2 Å². The first-order valence-corrected chi connectivity index (χ1v) is 22.1. The maximum absolute atomic E-state index is 12.7. The van der Waals surface area contributed by atoms with Crippen LogP contribution in [0.3, 0.4) is 0 Å². The number of nitrogens with zero attached hydrogens (tertiary/aromatic N) is 3. The maximum Gasteiger partial charge on any atom is 0.258 e. The molecule has 2 atom stereocenters. The van der Waals surface area contributed by atoms with Gasteiger partial charge in [-0.25, -0.2) is 4.68 Å². The van der Waals surface area contributed by atoms with Crippen LogP contribution in [0.1, 0.15) is 96.0 Å².